The molecule has 1 aromatic carbocycles. The van der Waals surface area contributed by atoms with Crippen LogP contribution in [0.1, 0.15) is 20.2 Å². The Kier molecular flexibility index (Phi) is 5.41. The van der Waals surface area contributed by atoms with Crippen LogP contribution >= 0.6 is 22.7 Å². The number of ether oxygens (including phenoxy) is 1. The maximum absolute atomic E-state index is 13.2. The molecule has 0 fully saturated rings. The van der Waals surface area contributed by atoms with Gasteiger partial charge in [-0.25, -0.2) is 13.9 Å². The first-order valence-electron chi connectivity index (χ1n) is 8.72. The van der Waals surface area contributed by atoms with Gasteiger partial charge in [-0.1, -0.05) is 6.07 Å². The van der Waals surface area contributed by atoms with Gasteiger partial charge >= 0.3 is 5.97 Å². The Bertz CT molecular complexity index is 1160. The number of carbonyl (C=O) groups is 2. The van der Waals surface area contributed by atoms with Gasteiger partial charge in [0.25, 0.3) is 5.91 Å². The molecule has 0 radical (unpaired) electrons. The normalized spacial score (nSPS) is 11.0. The minimum Gasteiger partial charge on any atom is -0.451 e. The quantitative estimate of drug-likeness (QED) is 0.469. The SMILES string of the molecule is Cc1nn(-c2ccc(F)cc2)c2sc(C(=O)OCC(=O)NCc3cccs3)cc12. The van der Waals surface area contributed by atoms with E-state index >= 15 is 0 Å². The highest BCUT2D eigenvalue weighted by atomic mass is 32.1. The van der Waals surface area contributed by atoms with Crippen LogP contribution in [0.15, 0.2) is 47.8 Å². The number of halogens is 1. The van der Waals surface area contributed by atoms with Gasteiger partial charge in [0.2, 0.25) is 0 Å². The number of nitrogens with zero attached hydrogens (tertiary/aromatic N) is 2. The van der Waals surface area contributed by atoms with E-state index in [4.69, 9.17) is 4.74 Å². The Labute approximate surface area is 173 Å². The van der Waals surface area contributed by atoms with Crippen LogP contribution in [0.2, 0.25) is 0 Å². The van der Waals surface area contributed by atoms with Crippen molar-refractivity contribution in [2.75, 3.05) is 6.61 Å². The van der Waals surface area contributed by atoms with E-state index in [1.807, 2.05) is 24.4 Å². The van der Waals surface area contributed by atoms with Gasteiger partial charge in [-0.15, -0.1) is 22.7 Å². The fourth-order valence-corrected chi connectivity index (χ4v) is 4.48. The van der Waals surface area contributed by atoms with Crippen LogP contribution in [0.5, 0.6) is 0 Å². The number of aromatic nitrogens is 2. The third-order valence-corrected chi connectivity index (χ3v) is 6.16. The molecule has 0 unspecified atom stereocenters. The molecule has 0 saturated heterocycles. The molecule has 148 valence electrons. The molecule has 4 aromatic rings. The lowest BCUT2D eigenvalue weighted by molar-refractivity contribution is -0.124. The molecular weight excluding hydrogens is 413 g/mol. The van der Waals surface area contributed by atoms with Crippen LogP contribution in [0.25, 0.3) is 15.9 Å². The third kappa shape index (κ3) is 4.20. The fraction of sp³-hybridized carbons (Fsp3) is 0.150. The molecule has 3 aromatic heterocycles. The van der Waals surface area contributed by atoms with E-state index in [1.54, 1.807) is 34.2 Å². The molecule has 29 heavy (non-hydrogen) atoms. The molecule has 0 atom stereocenters. The van der Waals surface area contributed by atoms with Crippen molar-refractivity contribution >= 4 is 44.8 Å². The van der Waals surface area contributed by atoms with Gasteiger partial charge in [0.05, 0.1) is 17.9 Å². The summed E-state index contributed by atoms with van der Waals surface area (Å²) in [6.45, 7) is 1.90. The highest BCUT2D eigenvalue weighted by molar-refractivity contribution is 7.20. The van der Waals surface area contributed by atoms with E-state index in [0.717, 1.165) is 20.8 Å². The number of fused-ring (bicyclic) bond motifs is 1. The zero-order valence-corrected chi connectivity index (χ0v) is 17.0. The zero-order chi connectivity index (χ0) is 20.4. The fourth-order valence-electron chi connectivity index (χ4n) is 2.76. The number of carbonyl (C=O) groups excluding carboxylic acids is 2. The van der Waals surface area contributed by atoms with Crippen molar-refractivity contribution in [2.24, 2.45) is 0 Å². The summed E-state index contributed by atoms with van der Waals surface area (Å²) in [4.78, 5) is 26.4. The number of amides is 1. The Balaban J connectivity index is 1.45. The molecule has 3 heterocycles. The summed E-state index contributed by atoms with van der Waals surface area (Å²) < 4.78 is 20.0. The number of thiophene rings is 2. The number of benzene rings is 1. The van der Waals surface area contributed by atoms with Gasteiger partial charge in [0, 0.05) is 10.3 Å². The minimum atomic E-state index is -0.567. The lowest BCUT2D eigenvalue weighted by Crippen LogP contribution is -2.27. The second kappa shape index (κ2) is 8.14. The van der Waals surface area contributed by atoms with Gasteiger partial charge in [-0.05, 0) is 48.7 Å². The van der Waals surface area contributed by atoms with Gasteiger partial charge in [-0.2, -0.15) is 5.10 Å². The average Bonchev–Trinajstić information content (AvgIpc) is 3.44. The Morgan fingerprint density at radius 2 is 2.03 bits per heavy atom. The zero-order valence-electron chi connectivity index (χ0n) is 15.3. The van der Waals surface area contributed by atoms with Crippen molar-refractivity contribution in [1.29, 1.82) is 0 Å². The molecule has 0 saturated carbocycles. The smallest absolute Gasteiger partial charge is 0.348 e. The first-order chi connectivity index (χ1) is 14.0. The molecule has 0 aliphatic rings. The van der Waals surface area contributed by atoms with Crippen LogP contribution in [0.4, 0.5) is 4.39 Å². The summed E-state index contributed by atoms with van der Waals surface area (Å²) in [6.07, 6.45) is 0. The molecule has 1 N–H and O–H groups in total. The van der Waals surface area contributed by atoms with E-state index in [2.05, 4.69) is 10.4 Å². The summed E-state index contributed by atoms with van der Waals surface area (Å²) in [5.74, 6) is -1.26. The Hall–Kier alpha value is -3.04. The van der Waals surface area contributed by atoms with Crippen molar-refractivity contribution in [3.05, 3.63) is 69.1 Å². The van der Waals surface area contributed by atoms with Crippen LogP contribution in [-0.2, 0) is 16.1 Å². The molecular formula is C20H16FN3O3S2. The number of rotatable bonds is 6. The monoisotopic (exact) mass is 429 g/mol. The topological polar surface area (TPSA) is 73.2 Å². The van der Waals surface area contributed by atoms with Crippen LogP contribution in [0, 0.1) is 12.7 Å². The van der Waals surface area contributed by atoms with E-state index < -0.39 is 5.97 Å². The van der Waals surface area contributed by atoms with Gasteiger partial charge in [0.1, 0.15) is 15.5 Å². The van der Waals surface area contributed by atoms with Crippen LogP contribution in [-0.4, -0.2) is 28.3 Å². The number of aryl methyl sites for hydroxylation is 1. The van der Waals surface area contributed by atoms with Crippen molar-refractivity contribution in [1.82, 2.24) is 15.1 Å². The number of hydrogen-bond acceptors (Lipinski definition) is 6. The second-order valence-corrected chi connectivity index (χ2v) is 8.30. The maximum atomic E-state index is 13.2. The lowest BCUT2D eigenvalue weighted by Gasteiger charge is -2.05. The Morgan fingerprint density at radius 3 is 2.76 bits per heavy atom. The summed E-state index contributed by atoms with van der Waals surface area (Å²) in [5, 5.41) is 9.92. The number of hydrogen-bond donors (Lipinski definition) is 1. The largest absolute Gasteiger partial charge is 0.451 e. The predicted molar refractivity (Wildman–Crippen MR) is 110 cm³/mol. The highest BCUT2D eigenvalue weighted by Crippen LogP contribution is 2.30. The summed E-state index contributed by atoms with van der Waals surface area (Å²) >= 11 is 2.76. The average molecular weight is 429 g/mol. The molecule has 9 heteroatoms. The van der Waals surface area contributed by atoms with Crippen molar-refractivity contribution < 1.29 is 18.7 Å². The van der Waals surface area contributed by atoms with E-state index in [1.165, 1.54) is 23.5 Å². The van der Waals surface area contributed by atoms with Crippen molar-refractivity contribution in [2.45, 2.75) is 13.5 Å². The first-order valence-corrected chi connectivity index (χ1v) is 10.4. The minimum absolute atomic E-state index is 0.332. The van der Waals surface area contributed by atoms with E-state index in [-0.39, 0.29) is 18.3 Å². The molecule has 0 aliphatic carbocycles. The van der Waals surface area contributed by atoms with Crippen molar-refractivity contribution in [3.63, 3.8) is 0 Å². The molecule has 4 rings (SSSR count). The van der Waals surface area contributed by atoms with E-state index in [9.17, 15) is 14.0 Å². The summed E-state index contributed by atoms with van der Waals surface area (Å²) in [5.41, 5.74) is 1.44. The molecule has 0 spiro atoms. The summed E-state index contributed by atoms with van der Waals surface area (Å²) in [6, 6.07) is 11.5. The third-order valence-electron chi connectivity index (χ3n) is 4.19. The standard InChI is InChI=1S/C20H16FN3O3S2/c1-12-16-9-17(20(26)27-11-18(25)22-10-15-3-2-8-28-15)29-19(16)24(23-12)14-6-4-13(21)5-7-14/h2-9H,10-11H2,1H3,(H,22,25). The van der Waals surface area contributed by atoms with Crippen LogP contribution in [0.3, 0.4) is 0 Å². The highest BCUT2D eigenvalue weighted by Gasteiger charge is 2.19. The van der Waals surface area contributed by atoms with Crippen molar-refractivity contribution in [3.8, 4) is 5.69 Å². The van der Waals surface area contributed by atoms with Crippen LogP contribution < -0.4 is 5.32 Å². The maximum Gasteiger partial charge on any atom is 0.348 e. The van der Waals surface area contributed by atoms with Gasteiger partial charge in [-0.3, -0.25) is 4.79 Å². The molecule has 1 amide bonds. The molecule has 0 bridgehead atoms. The van der Waals surface area contributed by atoms with Gasteiger partial charge in [0.15, 0.2) is 6.61 Å². The lowest BCUT2D eigenvalue weighted by atomic mass is 10.3. The van der Waals surface area contributed by atoms with E-state index in [0.29, 0.717) is 17.1 Å². The Morgan fingerprint density at radius 1 is 1.24 bits per heavy atom. The number of nitrogens with one attached hydrogen (secondary N) is 1. The molecule has 0 aliphatic heterocycles. The predicted octanol–water partition coefficient (Wildman–Crippen LogP) is 4.07. The summed E-state index contributed by atoms with van der Waals surface area (Å²) in [7, 11) is 0. The molecule has 6 nitrogen and oxygen atoms in total. The van der Waals surface area contributed by atoms with Gasteiger partial charge < -0.3 is 10.1 Å². The second-order valence-electron chi connectivity index (χ2n) is 6.24. The first kappa shape index (κ1) is 19.3. The number of esters is 1.